The molecular weight excluding hydrogens is 518 g/mol. The Labute approximate surface area is 241 Å². The SMILES string of the molecule is CNn1ccc2cc(Oc3ccnc(NC(=O)c4ccc(C5CCN(C[C@@H](C)O)CC5)cc4)c3)c(OC(C)C)cc21. The van der Waals surface area contributed by atoms with Crippen LogP contribution in [0.5, 0.6) is 17.2 Å². The van der Waals surface area contributed by atoms with E-state index in [-0.39, 0.29) is 18.1 Å². The first-order chi connectivity index (χ1) is 19.8. The van der Waals surface area contributed by atoms with Crippen molar-refractivity contribution in [3.05, 3.63) is 78.1 Å². The lowest BCUT2D eigenvalue weighted by molar-refractivity contribution is 0.102. The van der Waals surface area contributed by atoms with E-state index in [1.165, 1.54) is 5.56 Å². The molecule has 0 spiro atoms. The van der Waals surface area contributed by atoms with Gasteiger partial charge >= 0.3 is 0 Å². The van der Waals surface area contributed by atoms with Gasteiger partial charge in [-0.3, -0.25) is 9.47 Å². The van der Waals surface area contributed by atoms with Gasteiger partial charge in [0.15, 0.2) is 11.5 Å². The number of aromatic nitrogens is 2. The maximum Gasteiger partial charge on any atom is 0.256 e. The van der Waals surface area contributed by atoms with E-state index in [2.05, 4.69) is 20.6 Å². The van der Waals surface area contributed by atoms with Crippen LogP contribution in [0.1, 0.15) is 55.5 Å². The number of amides is 1. The Morgan fingerprint density at radius 2 is 1.80 bits per heavy atom. The van der Waals surface area contributed by atoms with Gasteiger partial charge in [0.05, 0.1) is 17.7 Å². The average Bonchev–Trinajstić information content (AvgIpc) is 3.35. The van der Waals surface area contributed by atoms with Gasteiger partial charge in [0.1, 0.15) is 11.6 Å². The van der Waals surface area contributed by atoms with Crippen LogP contribution in [-0.2, 0) is 0 Å². The highest BCUT2D eigenvalue weighted by Gasteiger charge is 2.21. The predicted octanol–water partition coefficient (Wildman–Crippen LogP) is 5.60. The molecule has 1 amide bonds. The van der Waals surface area contributed by atoms with Crippen molar-refractivity contribution in [2.45, 2.75) is 51.7 Å². The molecule has 9 heteroatoms. The summed E-state index contributed by atoms with van der Waals surface area (Å²) in [6, 6.07) is 17.2. The molecular formula is C32H39N5O4. The number of ether oxygens (including phenoxy) is 2. The van der Waals surface area contributed by atoms with Crippen molar-refractivity contribution < 1.29 is 19.4 Å². The number of carbonyl (C=O) groups is 1. The Bertz CT molecular complexity index is 1470. The van der Waals surface area contributed by atoms with E-state index in [0.717, 1.165) is 43.4 Å². The number of carbonyl (C=O) groups excluding carboxylic acids is 1. The highest BCUT2D eigenvalue weighted by molar-refractivity contribution is 6.03. The number of fused-ring (bicyclic) bond motifs is 1. The molecule has 0 radical (unpaired) electrons. The molecule has 4 aromatic rings. The maximum absolute atomic E-state index is 13.0. The third-order valence-corrected chi connectivity index (χ3v) is 7.31. The molecule has 2 aromatic heterocycles. The Morgan fingerprint density at radius 3 is 2.49 bits per heavy atom. The minimum absolute atomic E-state index is 0.0330. The highest BCUT2D eigenvalue weighted by Crippen LogP contribution is 2.37. The molecule has 216 valence electrons. The Kier molecular flexibility index (Phi) is 8.75. The second-order valence-corrected chi connectivity index (χ2v) is 10.9. The van der Waals surface area contributed by atoms with Gasteiger partial charge in [-0.1, -0.05) is 12.1 Å². The number of pyridine rings is 1. The summed E-state index contributed by atoms with van der Waals surface area (Å²) in [6.07, 6.45) is 5.32. The van der Waals surface area contributed by atoms with Gasteiger partial charge < -0.3 is 30.2 Å². The zero-order chi connectivity index (χ0) is 28.9. The van der Waals surface area contributed by atoms with Crippen LogP contribution >= 0.6 is 0 Å². The van der Waals surface area contributed by atoms with Crippen LogP contribution in [0.25, 0.3) is 10.9 Å². The zero-order valence-electron chi connectivity index (χ0n) is 24.1. The fraction of sp³-hybridized carbons (Fsp3) is 0.375. The van der Waals surface area contributed by atoms with E-state index >= 15 is 0 Å². The third kappa shape index (κ3) is 6.99. The van der Waals surface area contributed by atoms with Gasteiger partial charge in [0.2, 0.25) is 0 Å². The van der Waals surface area contributed by atoms with Gasteiger partial charge in [-0.25, -0.2) is 4.98 Å². The molecule has 2 aromatic carbocycles. The lowest BCUT2D eigenvalue weighted by atomic mass is 9.89. The molecule has 1 atom stereocenters. The topological polar surface area (TPSA) is 101 Å². The molecule has 3 N–H and O–H groups in total. The Morgan fingerprint density at radius 1 is 1.05 bits per heavy atom. The van der Waals surface area contributed by atoms with Crippen LogP contribution in [0.3, 0.4) is 0 Å². The van der Waals surface area contributed by atoms with Crippen LogP contribution in [0, 0.1) is 0 Å². The number of aliphatic hydroxyl groups excluding tert-OH is 1. The molecule has 0 bridgehead atoms. The minimum Gasteiger partial charge on any atom is -0.487 e. The number of nitrogens with one attached hydrogen (secondary N) is 2. The van der Waals surface area contributed by atoms with E-state index in [9.17, 15) is 9.90 Å². The summed E-state index contributed by atoms with van der Waals surface area (Å²) in [7, 11) is 1.86. The quantitative estimate of drug-likeness (QED) is 0.233. The van der Waals surface area contributed by atoms with Crippen molar-refractivity contribution in [2.24, 2.45) is 0 Å². The zero-order valence-corrected chi connectivity index (χ0v) is 24.1. The molecule has 1 fully saturated rings. The summed E-state index contributed by atoms with van der Waals surface area (Å²) in [5.41, 5.74) is 5.92. The first-order valence-corrected chi connectivity index (χ1v) is 14.2. The van der Waals surface area contributed by atoms with Crippen LogP contribution in [0.2, 0.25) is 0 Å². The molecule has 41 heavy (non-hydrogen) atoms. The average molecular weight is 558 g/mol. The highest BCUT2D eigenvalue weighted by atomic mass is 16.5. The lowest BCUT2D eigenvalue weighted by Crippen LogP contribution is -2.37. The monoisotopic (exact) mass is 557 g/mol. The molecule has 1 aliphatic rings. The summed E-state index contributed by atoms with van der Waals surface area (Å²) in [5.74, 6) is 2.37. The van der Waals surface area contributed by atoms with E-state index in [1.54, 1.807) is 18.3 Å². The number of hydrogen-bond acceptors (Lipinski definition) is 7. The Balaban J connectivity index is 1.25. The second kappa shape index (κ2) is 12.6. The lowest BCUT2D eigenvalue weighted by Gasteiger charge is -2.32. The number of rotatable bonds is 10. The van der Waals surface area contributed by atoms with Crippen molar-refractivity contribution >= 4 is 22.6 Å². The molecule has 0 saturated carbocycles. The second-order valence-electron chi connectivity index (χ2n) is 10.9. The van der Waals surface area contributed by atoms with Crippen LogP contribution in [0.15, 0.2) is 67.0 Å². The number of piperidine rings is 1. The molecule has 0 unspecified atom stereocenters. The minimum atomic E-state index is -0.302. The molecule has 5 rings (SSSR count). The van der Waals surface area contributed by atoms with Crippen molar-refractivity contribution in [3.63, 3.8) is 0 Å². The number of benzene rings is 2. The summed E-state index contributed by atoms with van der Waals surface area (Å²) >= 11 is 0. The molecule has 1 aliphatic heterocycles. The smallest absolute Gasteiger partial charge is 0.256 e. The number of hydrogen-bond donors (Lipinski definition) is 3. The third-order valence-electron chi connectivity index (χ3n) is 7.31. The maximum atomic E-state index is 13.0. The van der Waals surface area contributed by atoms with Crippen molar-refractivity contribution in [2.75, 3.05) is 37.4 Å². The molecule has 9 nitrogen and oxygen atoms in total. The number of aliphatic hydroxyl groups is 1. The van der Waals surface area contributed by atoms with Crippen molar-refractivity contribution in [3.8, 4) is 17.2 Å². The fourth-order valence-corrected chi connectivity index (χ4v) is 5.35. The van der Waals surface area contributed by atoms with E-state index < -0.39 is 0 Å². The van der Waals surface area contributed by atoms with Crippen molar-refractivity contribution in [1.29, 1.82) is 0 Å². The first kappa shape index (κ1) is 28.4. The number of β-amino-alcohol motifs (C(OH)–C–C–N with tert-alkyl or cyclic N) is 1. The summed E-state index contributed by atoms with van der Waals surface area (Å²) in [4.78, 5) is 19.7. The van der Waals surface area contributed by atoms with Crippen LogP contribution in [-0.4, -0.2) is 64.5 Å². The molecule has 3 heterocycles. The molecule has 0 aliphatic carbocycles. The summed E-state index contributed by atoms with van der Waals surface area (Å²) in [5, 5.41) is 13.5. The van der Waals surface area contributed by atoms with Gasteiger partial charge in [0, 0.05) is 49.1 Å². The standard InChI is InChI=1S/C32H39N5O4/c1-21(2)40-30-19-28-26(12-16-37(28)33-4)17-29(30)41-27-9-13-34-31(18-27)35-32(39)25-7-5-23(6-8-25)24-10-14-36(15-11-24)20-22(3)38/h5-9,12-13,16-19,21-22,24,33,38H,10-11,14-15,20H2,1-4H3,(H,34,35,39)/t22-/m1/s1. The van der Waals surface area contributed by atoms with Gasteiger partial charge in [-0.15, -0.1) is 0 Å². The van der Waals surface area contributed by atoms with Crippen LogP contribution in [0.4, 0.5) is 5.82 Å². The van der Waals surface area contributed by atoms with Gasteiger partial charge in [0.25, 0.3) is 5.91 Å². The number of likely N-dealkylation sites (tertiary alicyclic amines) is 1. The number of nitrogens with zero attached hydrogens (tertiary/aromatic N) is 3. The fourth-order valence-electron chi connectivity index (χ4n) is 5.35. The van der Waals surface area contributed by atoms with E-state index in [1.807, 2.05) is 81.2 Å². The Hall–Kier alpha value is -4.08. The predicted molar refractivity (Wildman–Crippen MR) is 162 cm³/mol. The van der Waals surface area contributed by atoms with Gasteiger partial charge in [-0.05, 0) is 88.5 Å². The van der Waals surface area contributed by atoms with Crippen molar-refractivity contribution in [1.82, 2.24) is 14.6 Å². The molecule has 1 saturated heterocycles. The largest absolute Gasteiger partial charge is 0.487 e. The first-order valence-electron chi connectivity index (χ1n) is 14.2. The number of anilines is 1. The van der Waals surface area contributed by atoms with Crippen LogP contribution < -0.4 is 20.2 Å². The van der Waals surface area contributed by atoms with E-state index in [0.29, 0.717) is 34.5 Å². The summed E-state index contributed by atoms with van der Waals surface area (Å²) < 4.78 is 14.2. The normalized spacial score (nSPS) is 15.2. The van der Waals surface area contributed by atoms with E-state index in [4.69, 9.17) is 9.47 Å². The van der Waals surface area contributed by atoms with Gasteiger partial charge in [-0.2, -0.15) is 0 Å². The summed E-state index contributed by atoms with van der Waals surface area (Å²) in [6.45, 7) is 8.45.